The van der Waals surface area contributed by atoms with Crippen LogP contribution in [0, 0.1) is 5.92 Å². The lowest BCUT2D eigenvalue weighted by Crippen LogP contribution is -2.21. The number of rotatable bonds is 4. The van der Waals surface area contributed by atoms with Crippen LogP contribution in [0.5, 0.6) is 11.5 Å². The standard InChI is InChI=1S/C19H18N2O3/c1-12(14-7-8-17-18(9-14)24-11-23-17)20-21-19(22)16-10-15(16)13-5-3-2-4-6-13/h2-9,15-16H,10-11H2,1H3,(H,21,22)/b20-12-/t15-,16-/m0/s1. The average Bonchev–Trinajstić information content (AvgIpc) is 3.29. The molecule has 122 valence electrons. The molecule has 1 heterocycles. The smallest absolute Gasteiger partial charge is 0.243 e. The van der Waals surface area contributed by atoms with E-state index in [-0.39, 0.29) is 18.6 Å². The first kappa shape index (κ1) is 14.8. The molecule has 2 aromatic rings. The summed E-state index contributed by atoms with van der Waals surface area (Å²) in [4.78, 5) is 12.2. The Morgan fingerprint density at radius 1 is 1.12 bits per heavy atom. The van der Waals surface area contributed by atoms with Gasteiger partial charge in [0.25, 0.3) is 0 Å². The van der Waals surface area contributed by atoms with Gasteiger partial charge in [0.1, 0.15) is 0 Å². The Morgan fingerprint density at radius 2 is 1.92 bits per heavy atom. The highest BCUT2D eigenvalue weighted by Crippen LogP contribution is 2.47. The third kappa shape index (κ3) is 2.85. The summed E-state index contributed by atoms with van der Waals surface area (Å²) in [6.45, 7) is 2.10. The van der Waals surface area contributed by atoms with E-state index in [1.165, 1.54) is 5.56 Å². The SMILES string of the molecule is C/C(=N/NC(=O)[C@H]1C[C@H]1c1ccccc1)c1ccc2c(c1)OCO2. The molecule has 1 N–H and O–H groups in total. The highest BCUT2D eigenvalue weighted by Gasteiger charge is 2.43. The molecular formula is C19H18N2O3. The number of nitrogens with zero attached hydrogens (tertiary/aromatic N) is 1. The number of ether oxygens (including phenoxy) is 2. The monoisotopic (exact) mass is 322 g/mol. The lowest BCUT2D eigenvalue weighted by Gasteiger charge is -2.04. The Balaban J connectivity index is 1.39. The van der Waals surface area contributed by atoms with Gasteiger partial charge in [-0.15, -0.1) is 0 Å². The molecule has 4 rings (SSSR count). The van der Waals surface area contributed by atoms with Crippen molar-refractivity contribution in [1.82, 2.24) is 5.43 Å². The van der Waals surface area contributed by atoms with E-state index in [2.05, 4.69) is 22.7 Å². The predicted octanol–water partition coefficient (Wildman–Crippen LogP) is 3.06. The topological polar surface area (TPSA) is 59.9 Å². The van der Waals surface area contributed by atoms with Crippen LogP contribution >= 0.6 is 0 Å². The van der Waals surface area contributed by atoms with Crippen molar-refractivity contribution in [2.24, 2.45) is 11.0 Å². The number of benzene rings is 2. The number of carbonyl (C=O) groups is 1. The van der Waals surface area contributed by atoms with Gasteiger partial charge in [0.2, 0.25) is 12.7 Å². The Hall–Kier alpha value is -2.82. The maximum absolute atomic E-state index is 12.2. The fraction of sp³-hybridized carbons (Fsp3) is 0.263. The van der Waals surface area contributed by atoms with Gasteiger partial charge in [0.05, 0.1) is 5.71 Å². The van der Waals surface area contributed by atoms with Crippen LogP contribution in [-0.4, -0.2) is 18.4 Å². The van der Waals surface area contributed by atoms with E-state index in [1.807, 2.05) is 43.3 Å². The molecular weight excluding hydrogens is 304 g/mol. The maximum atomic E-state index is 12.2. The number of carbonyl (C=O) groups excluding carboxylic acids is 1. The number of hydrazone groups is 1. The van der Waals surface area contributed by atoms with Gasteiger partial charge < -0.3 is 9.47 Å². The first-order valence-electron chi connectivity index (χ1n) is 8.01. The quantitative estimate of drug-likeness (QED) is 0.695. The maximum Gasteiger partial charge on any atom is 0.243 e. The highest BCUT2D eigenvalue weighted by molar-refractivity contribution is 6.00. The van der Waals surface area contributed by atoms with E-state index in [1.54, 1.807) is 0 Å². The molecule has 2 aliphatic rings. The molecule has 5 nitrogen and oxygen atoms in total. The van der Waals surface area contributed by atoms with E-state index in [9.17, 15) is 4.79 Å². The third-order valence-electron chi connectivity index (χ3n) is 4.48. The molecule has 0 aromatic heterocycles. The summed E-state index contributed by atoms with van der Waals surface area (Å²) in [6.07, 6.45) is 0.883. The Morgan fingerprint density at radius 3 is 2.75 bits per heavy atom. The van der Waals surface area contributed by atoms with Gasteiger partial charge in [-0.1, -0.05) is 30.3 Å². The Kier molecular flexibility index (Phi) is 3.69. The first-order chi connectivity index (χ1) is 11.7. The molecule has 24 heavy (non-hydrogen) atoms. The van der Waals surface area contributed by atoms with Crippen molar-refractivity contribution in [3.63, 3.8) is 0 Å². The van der Waals surface area contributed by atoms with Gasteiger partial charge in [-0.3, -0.25) is 4.79 Å². The number of amides is 1. The minimum Gasteiger partial charge on any atom is -0.454 e. The van der Waals surface area contributed by atoms with Crippen molar-refractivity contribution in [1.29, 1.82) is 0 Å². The second-order valence-electron chi connectivity index (χ2n) is 6.10. The zero-order valence-electron chi connectivity index (χ0n) is 13.4. The van der Waals surface area contributed by atoms with Gasteiger partial charge in [0, 0.05) is 11.5 Å². The van der Waals surface area contributed by atoms with Crippen LogP contribution in [0.15, 0.2) is 53.6 Å². The minimum absolute atomic E-state index is 0.0145. The van der Waals surface area contributed by atoms with Crippen molar-refractivity contribution < 1.29 is 14.3 Å². The normalized spacial score (nSPS) is 21.5. The number of nitrogens with one attached hydrogen (secondary N) is 1. The molecule has 1 fully saturated rings. The first-order valence-corrected chi connectivity index (χ1v) is 8.01. The van der Waals surface area contributed by atoms with Crippen LogP contribution in [0.1, 0.15) is 30.4 Å². The van der Waals surface area contributed by atoms with Gasteiger partial charge >= 0.3 is 0 Å². The van der Waals surface area contributed by atoms with E-state index < -0.39 is 0 Å². The summed E-state index contributed by atoms with van der Waals surface area (Å²) in [6, 6.07) is 15.8. The van der Waals surface area contributed by atoms with Crippen LogP contribution in [-0.2, 0) is 4.79 Å². The molecule has 0 unspecified atom stereocenters. The van der Waals surface area contributed by atoms with Gasteiger partial charge in [-0.25, -0.2) is 5.43 Å². The Bertz CT molecular complexity index is 802. The largest absolute Gasteiger partial charge is 0.454 e. The summed E-state index contributed by atoms with van der Waals surface area (Å²) in [5.74, 6) is 1.75. The predicted molar refractivity (Wildman–Crippen MR) is 90.2 cm³/mol. The van der Waals surface area contributed by atoms with Gasteiger partial charge in [0.15, 0.2) is 11.5 Å². The van der Waals surface area contributed by atoms with Crippen molar-refractivity contribution in [2.45, 2.75) is 19.3 Å². The van der Waals surface area contributed by atoms with Crippen LogP contribution in [0.25, 0.3) is 0 Å². The van der Waals surface area contributed by atoms with E-state index >= 15 is 0 Å². The van der Waals surface area contributed by atoms with E-state index in [4.69, 9.17) is 9.47 Å². The number of fused-ring (bicyclic) bond motifs is 1. The summed E-state index contributed by atoms with van der Waals surface area (Å²) < 4.78 is 10.7. The molecule has 0 spiro atoms. The molecule has 2 aromatic carbocycles. The summed E-state index contributed by atoms with van der Waals surface area (Å²) in [7, 11) is 0. The molecule has 0 bridgehead atoms. The number of hydrogen-bond acceptors (Lipinski definition) is 4. The summed E-state index contributed by atoms with van der Waals surface area (Å²) >= 11 is 0. The fourth-order valence-electron chi connectivity index (χ4n) is 2.96. The zero-order valence-corrected chi connectivity index (χ0v) is 13.4. The summed E-state index contributed by atoms with van der Waals surface area (Å²) in [5, 5.41) is 4.23. The molecule has 5 heteroatoms. The van der Waals surface area contributed by atoms with Crippen molar-refractivity contribution in [3.05, 3.63) is 59.7 Å². The highest BCUT2D eigenvalue weighted by atomic mass is 16.7. The second-order valence-corrected chi connectivity index (χ2v) is 6.10. The fourth-order valence-corrected chi connectivity index (χ4v) is 2.96. The molecule has 1 amide bonds. The van der Waals surface area contributed by atoms with Gasteiger partial charge in [-0.05, 0) is 43.0 Å². The lowest BCUT2D eigenvalue weighted by atomic mass is 10.1. The van der Waals surface area contributed by atoms with Gasteiger partial charge in [-0.2, -0.15) is 5.10 Å². The second kappa shape index (κ2) is 6.00. The summed E-state index contributed by atoms with van der Waals surface area (Å²) in [5.41, 5.74) is 5.54. The molecule has 2 atom stereocenters. The van der Waals surface area contributed by atoms with Crippen LogP contribution in [0.4, 0.5) is 0 Å². The molecule has 0 saturated heterocycles. The van der Waals surface area contributed by atoms with E-state index in [0.29, 0.717) is 11.7 Å². The molecule has 1 aliphatic heterocycles. The third-order valence-corrected chi connectivity index (χ3v) is 4.48. The molecule has 1 aliphatic carbocycles. The van der Waals surface area contributed by atoms with Crippen LogP contribution < -0.4 is 14.9 Å². The lowest BCUT2D eigenvalue weighted by molar-refractivity contribution is -0.122. The zero-order chi connectivity index (χ0) is 16.5. The molecule has 0 radical (unpaired) electrons. The van der Waals surface area contributed by atoms with Crippen molar-refractivity contribution in [3.8, 4) is 11.5 Å². The van der Waals surface area contributed by atoms with Crippen LogP contribution in [0.3, 0.4) is 0 Å². The van der Waals surface area contributed by atoms with E-state index in [0.717, 1.165) is 23.4 Å². The van der Waals surface area contributed by atoms with Crippen molar-refractivity contribution >= 4 is 11.6 Å². The Labute approximate surface area is 140 Å². The average molecular weight is 322 g/mol. The minimum atomic E-state index is -0.0241. The van der Waals surface area contributed by atoms with Crippen molar-refractivity contribution in [2.75, 3.05) is 6.79 Å². The van der Waals surface area contributed by atoms with Crippen LogP contribution in [0.2, 0.25) is 0 Å². The molecule has 1 saturated carbocycles. The number of hydrogen-bond donors (Lipinski definition) is 1.